The highest BCUT2D eigenvalue weighted by molar-refractivity contribution is 8.77. The molecule has 0 aliphatic carbocycles. The van der Waals surface area contributed by atoms with Gasteiger partial charge in [0.25, 0.3) is 0 Å². The molecule has 0 saturated carbocycles. The summed E-state index contributed by atoms with van der Waals surface area (Å²) in [4.78, 5) is 11.7. The lowest BCUT2D eigenvalue weighted by atomic mass is 10.2. The first-order valence-corrected chi connectivity index (χ1v) is 7.56. The summed E-state index contributed by atoms with van der Waals surface area (Å²) in [5.74, 6) is 1.24. The number of anilines is 2. The summed E-state index contributed by atoms with van der Waals surface area (Å²) in [6.45, 7) is 0. The Balaban J connectivity index is 1.84. The Bertz CT molecular complexity index is 361. The SMILES string of the molecule is Nc1ccc(NC(=O)C[C@@H]2CCSS2)cc1. The highest BCUT2D eigenvalue weighted by atomic mass is 33.1. The molecule has 3 N–H and O–H groups in total. The maximum atomic E-state index is 11.7. The molecule has 1 heterocycles. The quantitative estimate of drug-likeness (QED) is 0.643. The van der Waals surface area contributed by atoms with Crippen molar-refractivity contribution < 1.29 is 4.79 Å². The van der Waals surface area contributed by atoms with Crippen LogP contribution in [0.4, 0.5) is 11.4 Å². The molecule has 5 heteroatoms. The van der Waals surface area contributed by atoms with Crippen molar-refractivity contribution in [3.8, 4) is 0 Å². The monoisotopic (exact) mass is 254 g/mol. The average Bonchev–Trinajstić information content (AvgIpc) is 2.74. The Labute approximate surface area is 103 Å². The molecule has 1 aliphatic heterocycles. The normalized spacial score (nSPS) is 19.6. The Morgan fingerprint density at radius 3 is 2.81 bits per heavy atom. The van der Waals surface area contributed by atoms with Crippen molar-refractivity contribution >= 4 is 38.9 Å². The molecule has 0 bridgehead atoms. The number of hydrogen-bond donors (Lipinski definition) is 2. The van der Waals surface area contributed by atoms with Crippen LogP contribution < -0.4 is 11.1 Å². The van der Waals surface area contributed by atoms with Crippen LogP contribution in [0.15, 0.2) is 24.3 Å². The molecule has 1 fully saturated rings. The lowest BCUT2D eigenvalue weighted by molar-refractivity contribution is -0.116. The number of carbonyl (C=O) groups excluding carboxylic acids is 1. The van der Waals surface area contributed by atoms with E-state index in [1.165, 1.54) is 0 Å². The highest BCUT2D eigenvalue weighted by Crippen LogP contribution is 2.39. The van der Waals surface area contributed by atoms with Crippen LogP contribution in [0.2, 0.25) is 0 Å². The second kappa shape index (κ2) is 5.50. The van der Waals surface area contributed by atoms with Crippen LogP contribution in [0.3, 0.4) is 0 Å². The first kappa shape index (κ1) is 11.7. The van der Waals surface area contributed by atoms with Crippen molar-refractivity contribution in [3.05, 3.63) is 24.3 Å². The fourth-order valence-corrected chi connectivity index (χ4v) is 4.39. The third kappa shape index (κ3) is 3.35. The summed E-state index contributed by atoms with van der Waals surface area (Å²) in [6.07, 6.45) is 1.73. The van der Waals surface area contributed by atoms with E-state index < -0.39 is 0 Å². The Morgan fingerprint density at radius 2 is 2.19 bits per heavy atom. The molecule has 16 heavy (non-hydrogen) atoms. The fraction of sp³-hybridized carbons (Fsp3) is 0.364. The van der Waals surface area contributed by atoms with Gasteiger partial charge in [0.1, 0.15) is 0 Å². The largest absolute Gasteiger partial charge is 0.399 e. The minimum absolute atomic E-state index is 0.0878. The third-order valence-electron chi connectivity index (χ3n) is 2.33. The number of rotatable bonds is 3. The summed E-state index contributed by atoms with van der Waals surface area (Å²) in [6, 6.07) is 7.22. The molecule has 0 spiro atoms. The molecule has 2 rings (SSSR count). The van der Waals surface area contributed by atoms with Gasteiger partial charge in [0.05, 0.1) is 0 Å². The lowest BCUT2D eigenvalue weighted by Crippen LogP contribution is -2.16. The van der Waals surface area contributed by atoms with Crippen LogP contribution in [-0.2, 0) is 4.79 Å². The van der Waals surface area contributed by atoms with Gasteiger partial charge in [-0.3, -0.25) is 4.79 Å². The molecule has 1 aromatic rings. The number of hydrogen-bond acceptors (Lipinski definition) is 4. The molecule has 0 aromatic heterocycles. The van der Waals surface area contributed by atoms with E-state index in [2.05, 4.69) is 5.32 Å². The Hall–Kier alpha value is -0.810. The Kier molecular flexibility index (Phi) is 4.01. The zero-order valence-corrected chi connectivity index (χ0v) is 10.4. The van der Waals surface area contributed by atoms with Crippen LogP contribution in [0, 0.1) is 0 Å². The molecule has 1 saturated heterocycles. The van der Waals surface area contributed by atoms with Crippen LogP contribution in [-0.4, -0.2) is 16.9 Å². The minimum atomic E-state index is 0.0878. The molecule has 0 radical (unpaired) electrons. The van der Waals surface area contributed by atoms with E-state index in [4.69, 9.17) is 5.73 Å². The number of benzene rings is 1. The first-order chi connectivity index (χ1) is 7.74. The van der Waals surface area contributed by atoms with Gasteiger partial charge < -0.3 is 11.1 Å². The van der Waals surface area contributed by atoms with Gasteiger partial charge in [-0.05, 0) is 30.7 Å². The van der Waals surface area contributed by atoms with Crippen molar-refractivity contribution in [3.63, 3.8) is 0 Å². The smallest absolute Gasteiger partial charge is 0.225 e. The average molecular weight is 254 g/mol. The van der Waals surface area contributed by atoms with Crippen molar-refractivity contribution in [1.82, 2.24) is 0 Å². The van der Waals surface area contributed by atoms with Crippen molar-refractivity contribution in [2.24, 2.45) is 0 Å². The van der Waals surface area contributed by atoms with Gasteiger partial charge in [0.15, 0.2) is 0 Å². The molecular formula is C11H14N2OS2. The molecule has 1 aliphatic rings. The van der Waals surface area contributed by atoms with Crippen molar-refractivity contribution in [2.75, 3.05) is 16.8 Å². The highest BCUT2D eigenvalue weighted by Gasteiger charge is 2.19. The van der Waals surface area contributed by atoms with Gasteiger partial charge >= 0.3 is 0 Å². The molecule has 1 aromatic carbocycles. The minimum Gasteiger partial charge on any atom is -0.399 e. The van der Waals surface area contributed by atoms with E-state index in [0.29, 0.717) is 17.4 Å². The van der Waals surface area contributed by atoms with Crippen molar-refractivity contribution in [1.29, 1.82) is 0 Å². The second-order valence-electron chi connectivity index (χ2n) is 3.70. The first-order valence-electron chi connectivity index (χ1n) is 5.18. The summed E-state index contributed by atoms with van der Waals surface area (Å²) < 4.78 is 0. The Morgan fingerprint density at radius 1 is 1.44 bits per heavy atom. The van der Waals surface area contributed by atoms with E-state index >= 15 is 0 Å². The topological polar surface area (TPSA) is 55.1 Å². The zero-order chi connectivity index (χ0) is 11.4. The molecule has 3 nitrogen and oxygen atoms in total. The predicted octanol–water partition coefficient (Wildman–Crippen LogP) is 2.75. The number of amides is 1. The van der Waals surface area contributed by atoms with Crippen molar-refractivity contribution in [2.45, 2.75) is 18.1 Å². The van der Waals surface area contributed by atoms with Gasteiger partial charge in [-0.2, -0.15) is 0 Å². The van der Waals surface area contributed by atoms with Gasteiger partial charge in [-0.25, -0.2) is 0 Å². The summed E-state index contributed by atoms with van der Waals surface area (Å²) in [5, 5.41) is 3.35. The number of nitrogen functional groups attached to an aromatic ring is 1. The molecule has 86 valence electrons. The third-order valence-corrected chi connectivity index (χ3v) is 5.27. The maximum Gasteiger partial charge on any atom is 0.225 e. The van der Waals surface area contributed by atoms with Gasteiger partial charge in [-0.1, -0.05) is 21.6 Å². The summed E-state index contributed by atoms with van der Waals surface area (Å²) in [5.41, 5.74) is 7.09. The predicted molar refractivity (Wildman–Crippen MR) is 72.6 cm³/mol. The standard InChI is InChI=1S/C11H14N2OS2/c12-8-1-3-9(4-2-8)13-11(14)7-10-5-6-15-16-10/h1-4,10H,5-7,12H2,(H,13,14)/t10-/m0/s1. The van der Waals surface area contributed by atoms with Crippen LogP contribution in [0.1, 0.15) is 12.8 Å². The summed E-state index contributed by atoms with van der Waals surface area (Å²) in [7, 11) is 3.67. The van der Waals surface area contributed by atoms with E-state index in [1.54, 1.807) is 12.1 Å². The van der Waals surface area contributed by atoms with Crippen LogP contribution in [0.5, 0.6) is 0 Å². The number of nitrogens with one attached hydrogen (secondary N) is 1. The number of carbonyl (C=O) groups is 1. The maximum absolute atomic E-state index is 11.7. The molecule has 0 unspecified atom stereocenters. The van der Waals surface area contributed by atoms with Crippen LogP contribution in [0.25, 0.3) is 0 Å². The molecule has 1 atom stereocenters. The van der Waals surface area contributed by atoms with E-state index in [-0.39, 0.29) is 5.91 Å². The van der Waals surface area contributed by atoms with E-state index in [9.17, 15) is 4.79 Å². The van der Waals surface area contributed by atoms with Gasteiger partial charge in [0, 0.05) is 28.8 Å². The zero-order valence-electron chi connectivity index (χ0n) is 8.81. The van der Waals surface area contributed by atoms with E-state index in [1.807, 2.05) is 33.7 Å². The summed E-state index contributed by atoms with van der Waals surface area (Å²) >= 11 is 0. The lowest BCUT2D eigenvalue weighted by Gasteiger charge is -2.08. The molecular weight excluding hydrogens is 240 g/mol. The van der Waals surface area contributed by atoms with Gasteiger partial charge in [-0.15, -0.1) is 0 Å². The second-order valence-corrected chi connectivity index (χ2v) is 6.49. The fourth-order valence-electron chi connectivity index (χ4n) is 1.49. The van der Waals surface area contributed by atoms with Crippen LogP contribution >= 0.6 is 21.6 Å². The number of nitrogens with two attached hydrogens (primary N) is 1. The van der Waals surface area contributed by atoms with Gasteiger partial charge in [0.2, 0.25) is 5.91 Å². The van der Waals surface area contributed by atoms with E-state index in [0.717, 1.165) is 17.9 Å². The molecule has 1 amide bonds.